The van der Waals surface area contributed by atoms with Gasteiger partial charge in [0.1, 0.15) is 34.3 Å². The monoisotopic (exact) mass is 1960 g/mol. The van der Waals surface area contributed by atoms with Crippen LogP contribution in [0.2, 0.25) is 0 Å². The molecule has 0 amide bonds. The second-order valence-corrected chi connectivity index (χ2v) is 36.8. The summed E-state index contributed by atoms with van der Waals surface area (Å²) in [6.45, 7) is 30.7. The summed E-state index contributed by atoms with van der Waals surface area (Å²) in [6.07, 6.45) is 3.68. The molecule has 6 aromatic heterocycles. The fraction of sp³-hybridized carbons (Fsp3) is 0.171. The molecular formula is C111H94N6O4Pt2-2. The third-order valence-electron chi connectivity index (χ3n) is 24.1. The average Bonchev–Trinajstić information content (AvgIpc) is 1.61. The zero-order valence-corrected chi connectivity index (χ0v) is 75.9. The van der Waals surface area contributed by atoms with E-state index in [9.17, 15) is 10.2 Å². The molecule has 614 valence electrons. The zero-order valence-electron chi connectivity index (χ0n) is 71.4. The van der Waals surface area contributed by atoms with E-state index >= 15 is 0 Å². The van der Waals surface area contributed by atoms with Crippen LogP contribution >= 0.6 is 0 Å². The average molecular weight is 1970 g/mol. The van der Waals surface area contributed by atoms with Crippen molar-refractivity contribution in [3.05, 3.63) is 349 Å². The van der Waals surface area contributed by atoms with Gasteiger partial charge in [-0.05, 0) is 115 Å². The van der Waals surface area contributed by atoms with Crippen LogP contribution in [0.25, 0.3) is 178 Å². The van der Waals surface area contributed by atoms with Crippen molar-refractivity contribution in [2.45, 2.75) is 124 Å². The number of hydrogen-bond donors (Lipinski definition) is 2. The van der Waals surface area contributed by atoms with Crippen LogP contribution in [-0.2, 0) is 69.2 Å². The Balaban J connectivity index is 0.000000172. The molecule has 0 bridgehead atoms. The fourth-order valence-electron chi connectivity index (χ4n) is 17.3. The minimum absolute atomic E-state index is 0. The summed E-state index contributed by atoms with van der Waals surface area (Å²) in [4.78, 5) is 21.0. The molecule has 2 N–H and O–H groups in total. The first-order chi connectivity index (χ1) is 58.1. The van der Waals surface area contributed by atoms with E-state index in [1.165, 1.54) is 5.56 Å². The number of para-hydroxylation sites is 4. The molecule has 0 atom stereocenters. The van der Waals surface area contributed by atoms with Gasteiger partial charge in [-0.1, -0.05) is 331 Å². The molecule has 12 heteroatoms. The van der Waals surface area contributed by atoms with Gasteiger partial charge in [0.15, 0.2) is 11.2 Å². The third kappa shape index (κ3) is 15.1. The molecule has 0 spiro atoms. The number of phenolic OH excluding ortho intramolecular Hbond substituents is 2. The van der Waals surface area contributed by atoms with Crippen molar-refractivity contribution in [2.75, 3.05) is 0 Å². The van der Waals surface area contributed by atoms with E-state index in [0.29, 0.717) is 22.8 Å². The molecule has 123 heavy (non-hydrogen) atoms. The van der Waals surface area contributed by atoms with Crippen LogP contribution < -0.4 is 0 Å². The maximum absolute atomic E-state index is 12.3. The number of benzene rings is 14. The van der Waals surface area contributed by atoms with Crippen molar-refractivity contribution < 1.29 is 61.2 Å². The molecule has 14 aromatic carbocycles. The van der Waals surface area contributed by atoms with E-state index < -0.39 is 0 Å². The number of fused-ring (bicyclic) bond motifs is 12. The Morgan fingerprint density at radius 1 is 0.309 bits per heavy atom. The van der Waals surface area contributed by atoms with Crippen molar-refractivity contribution >= 4 is 87.5 Å². The predicted octanol–water partition coefficient (Wildman–Crippen LogP) is 29.1. The number of rotatable bonds is 11. The maximum Gasteiger partial charge on any atom is 0.152 e. The Labute approximate surface area is 746 Å². The number of phenols is 2. The van der Waals surface area contributed by atoms with Crippen LogP contribution in [0.15, 0.2) is 312 Å². The standard InChI is InChI=1S/C57H50N3O2.C54H44N3O2.2Pt/c1-55(2,3)39-31-46(52(61)47(32-39)56(4,5)6)54-59-51-42(24-17-25-49(51)60(54)41-21-13-10-14-22-41)36-28-37(30-40(29-36)57(7,8)38-19-11-9-12-20-38)48-33-45-44-27-26-35-18-15-16-23-43(35)53(44)62-50(45)34-58-48;1-53(2,3)38-29-44(50(58)45(30-38)54(4,5)6)52-56-49-40(22-15-23-47(49)57(52)39-19-11-8-12-20-39)36-26-35(33-16-9-7-10-17-33)27-37(28-36)46-31-43-42-25-24-34-18-13-14-21-41(34)51(42)59-48(43)32-55-46;;/h9-27,29-34,61H,1-8H3;7-27,29-32,58H,1-6H3;;/q2*-1;;. The van der Waals surface area contributed by atoms with Gasteiger partial charge in [-0.2, -0.15) is 0 Å². The molecule has 20 rings (SSSR count). The Kier molecular flexibility index (Phi) is 21.3. The largest absolute Gasteiger partial charge is 0.507 e. The van der Waals surface area contributed by atoms with E-state index in [2.05, 4.69) is 355 Å². The SMILES string of the molecule is CC(C)(C)c1cc(-c2nc3c(-c4[c-]c(-c5cc6c(cn5)oc5c7ccccc7ccc65)cc(-c5ccccc5)c4)cccc3n2-c2ccccc2)c(O)c(C(C)(C)C)c1.CC(C)(C)c1cc(-c2nc3c(-c4[c-]c(-c5cc6c(cn5)oc5c7ccccc7ccc65)cc(C(C)(C)c5ccccc5)c4)cccc3n2-c2ccccc2)c(O)c(C(C)(C)C)c1.[Pt].[Pt]. The van der Waals surface area contributed by atoms with Crippen molar-refractivity contribution in [3.63, 3.8) is 0 Å². The number of furan rings is 2. The van der Waals surface area contributed by atoms with Crippen LogP contribution in [0.4, 0.5) is 0 Å². The van der Waals surface area contributed by atoms with Crippen LogP contribution in [0.3, 0.4) is 0 Å². The predicted molar refractivity (Wildman–Crippen MR) is 500 cm³/mol. The number of pyridine rings is 2. The fourth-order valence-corrected chi connectivity index (χ4v) is 17.3. The van der Waals surface area contributed by atoms with E-state index in [1.807, 2.05) is 67.0 Å². The molecule has 0 saturated carbocycles. The van der Waals surface area contributed by atoms with Gasteiger partial charge >= 0.3 is 0 Å². The molecule has 0 unspecified atom stereocenters. The summed E-state index contributed by atoms with van der Waals surface area (Å²) < 4.78 is 17.3. The number of imidazole rings is 2. The van der Waals surface area contributed by atoms with Crippen molar-refractivity contribution in [1.82, 2.24) is 29.1 Å². The molecule has 10 nitrogen and oxygen atoms in total. The van der Waals surface area contributed by atoms with Gasteiger partial charge in [0.25, 0.3) is 0 Å². The third-order valence-corrected chi connectivity index (χ3v) is 24.1. The number of aromatic nitrogens is 6. The Hall–Kier alpha value is -12.6. The van der Waals surface area contributed by atoms with Crippen molar-refractivity contribution in [1.29, 1.82) is 0 Å². The van der Waals surface area contributed by atoms with Gasteiger partial charge in [-0.3, -0.25) is 19.1 Å². The molecule has 20 aromatic rings. The first-order valence-electron chi connectivity index (χ1n) is 41.7. The van der Waals surface area contributed by atoms with Gasteiger partial charge in [0, 0.05) is 114 Å². The second-order valence-electron chi connectivity index (χ2n) is 36.8. The van der Waals surface area contributed by atoms with Gasteiger partial charge in [0.2, 0.25) is 0 Å². The summed E-state index contributed by atoms with van der Waals surface area (Å²) >= 11 is 0. The van der Waals surface area contributed by atoms with Gasteiger partial charge in [0.05, 0.1) is 45.6 Å². The van der Waals surface area contributed by atoms with Crippen LogP contribution in [0.1, 0.15) is 130 Å². The number of hydrogen-bond acceptors (Lipinski definition) is 8. The molecule has 0 radical (unpaired) electrons. The Morgan fingerprint density at radius 3 is 1.14 bits per heavy atom. The number of nitrogens with zero attached hydrogens (tertiary/aromatic N) is 6. The van der Waals surface area contributed by atoms with E-state index in [-0.39, 0.29) is 80.7 Å². The van der Waals surface area contributed by atoms with Crippen molar-refractivity contribution in [2.24, 2.45) is 0 Å². The normalized spacial score (nSPS) is 12.2. The summed E-state index contributed by atoms with van der Waals surface area (Å²) in [5.41, 5.74) is 24.3. The number of aromatic hydroxyl groups is 2. The van der Waals surface area contributed by atoms with Crippen LogP contribution in [0, 0.1) is 12.1 Å². The molecule has 0 aliphatic carbocycles. The minimum Gasteiger partial charge on any atom is -0.507 e. The van der Waals surface area contributed by atoms with E-state index in [1.54, 1.807) is 0 Å². The molecular weight excluding hydrogens is 1870 g/mol. The summed E-state index contributed by atoms with van der Waals surface area (Å²) in [5, 5.41) is 33.0. The summed E-state index contributed by atoms with van der Waals surface area (Å²) in [5.74, 6) is 1.86. The molecule has 0 fully saturated rings. The van der Waals surface area contributed by atoms with E-state index in [4.69, 9.17) is 28.8 Å². The first-order valence-corrected chi connectivity index (χ1v) is 41.7. The quantitative estimate of drug-likeness (QED) is 0.123. The summed E-state index contributed by atoms with van der Waals surface area (Å²) in [7, 11) is 0. The smallest absolute Gasteiger partial charge is 0.152 e. The van der Waals surface area contributed by atoms with Gasteiger partial charge < -0.3 is 19.0 Å². The summed E-state index contributed by atoms with van der Waals surface area (Å²) in [6, 6.07) is 109. The minimum atomic E-state index is -0.365. The second kappa shape index (κ2) is 31.7. The van der Waals surface area contributed by atoms with Crippen LogP contribution in [0.5, 0.6) is 11.5 Å². The maximum atomic E-state index is 12.3. The molecule has 0 saturated heterocycles. The first kappa shape index (κ1) is 82.7. The van der Waals surface area contributed by atoms with Gasteiger partial charge in [-0.25, -0.2) is 9.97 Å². The molecule has 6 heterocycles. The molecule has 0 aliphatic heterocycles. The van der Waals surface area contributed by atoms with Crippen molar-refractivity contribution in [3.8, 4) is 102 Å². The Bertz CT molecular complexity index is 7480. The van der Waals surface area contributed by atoms with Gasteiger partial charge in [-0.15, -0.1) is 53.1 Å². The Morgan fingerprint density at radius 2 is 0.699 bits per heavy atom. The van der Waals surface area contributed by atoms with E-state index in [0.717, 1.165) is 183 Å². The van der Waals surface area contributed by atoms with Crippen LogP contribution in [-0.4, -0.2) is 39.3 Å². The molecule has 0 aliphatic rings. The zero-order chi connectivity index (χ0) is 83.8. The topological polar surface area (TPSA) is 128 Å².